The second-order valence-electron chi connectivity index (χ2n) is 3.51. The molecule has 3 amide bonds. The molecule has 1 heterocycles. The zero-order chi connectivity index (χ0) is 9.30. The molecule has 1 saturated heterocycles. The van der Waals surface area contributed by atoms with Gasteiger partial charge < -0.3 is 5.32 Å². The van der Waals surface area contributed by atoms with Crippen molar-refractivity contribution >= 4 is 11.9 Å². The van der Waals surface area contributed by atoms with E-state index >= 15 is 0 Å². The van der Waals surface area contributed by atoms with Crippen LogP contribution in [-0.4, -0.2) is 29.4 Å². The zero-order valence-electron chi connectivity index (χ0n) is 7.63. The first-order valence-corrected chi connectivity index (χ1v) is 4.14. The highest BCUT2D eigenvalue weighted by atomic mass is 16.2. The van der Waals surface area contributed by atoms with Crippen LogP contribution in [0, 0.1) is 5.92 Å². The molecule has 68 valence electrons. The molecule has 0 aromatic heterocycles. The largest absolute Gasteiger partial charge is 0.326 e. The average molecular weight is 170 g/mol. The number of hydrogen-bond donors (Lipinski definition) is 1. The lowest BCUT2D eigenvalue weighted by Gasteiger charge is -2.14. The molecule has 0 aromatic carbocycles. The van der Waals surface area contributed by atoms with Crippen molar-refractivity contribution in [1.29, 1.82) is 0 Å². The normalized spacial score (nSPS) is 23.7. The van der Waals surface area contributed by atoms with E-state index < -0.39 is 0 Å². The van der Waals surface area contributed by atoms with Gasteiger partial charge in [-0.15, -0.1) is 0 Å². The Morgan fingerprint density at radius 1 is 1.50 bits per heavy atom. The van der Waals surface area contributed by atoms with E-state index in [0.29, 0.717) is 12.5 Å². The van der Waals surface area contributed by atoms with Crippen LogP contribution in [0.25, 0.3) is 0 Å². The van der Waals surface area contributed by atoms with Crippen molar-refractivity contribution in [1.82, 2.24) is 10.2 Å². The molecule has 1 aliphatic rings. The highest BCUT2D eigenvalue weighted by Crippen LogP contribution is 2.08. The summed E-state index contributed by atoms with van der Waals surface area (Å²) in [5.74, 6) is 0.207. The predicted molar refractivity (Wildman–Crippen MR) is 44.5 cm³/mol. The Balaban J connectivity index is 2.64. The first kappa shape index (κ1) is 9.03. The Kier molecular flexibility index (Phi) is 2.35. The summed E-state index contributed by atoms with van der Waals surface area (Å²) in [5.41, 5.74) is 0. The van der Waals surface area contributed by atoms with E-state index in [9.17, 15) is 9.59 Å². The fraction of sp³-hybridized carbons (Fsp3) is 0.750. The first-order valence-electron chi connectivity index (χ1n) is 4.14. The summed E-state index contributed by atoms with van der Waals surface area (Å²) >= 11 is 0. The van der Waals surface area contributed by atoms with Crippen molar-refractivity contribution < 1.29 is 9.59 Å². The van der Waals surface area contributed by atoms with Crippen LogP contribution in [0.15, 0.2) is 0 Å². The van der Waals surface area contributed by atoms with Gasteiger partial charge in [-0.2, -0.15) is 0 Å². The lowest BCUT2D eigenvalue weighted by atomic mass is 10.2. The van der Waals surface area contributed by atoms with E-state index in [1.54, 1.807) is 6.92 Å². The molecule has 1 aliphatic heterocycles. The highest BCUT2D eigenvalue weighted by Gasteiger charge is 2.34. The van der Waals surface area contributed by atoms with Crippen molar-refractivity contribution in [3.05, 3.63) is 0 Å². The number of rotatable bonds is 2. The second-order valence-corrected chi connectivity index (χ2v) is 3.51. The van der Waals surface area contributed by atoms with Crippen LogP contribution in [0.1, 0.15) is 20.8 Å². The monoisotopic (exact) mass is 170 g/mol. The van der Waals surface area contributed by atoms with Crippen molar-refractivity contribution in [2.45, 2.75) is 26.8 Å². The van der Waals surface area contributed by atoms with E-state index in [1.807, 2.05) is 13.8 Å². The minimum absolute atomic E-state index is 0.117. The number of nitrogens with one attached hydrogen (secondary N) is 1. The van der Waals surface area contributed by atoms with Crippen LogP contribution in [-0.2, 0) is 4.79 Å². The first-order chi connectivity index (χ1) is 5.52. The number of hydrogen-bond acceptors (Lipinski definition) is 2. The zero-order valence-corrected chi connectivity index (χ0v) is 7.63. The molecule has 0 aromatic rings. The third-order valence-electron chi connectivity index (χ3n) is 1.77. The van der Waals surface area contributed by atoms with Gasteiger partial charge in [-0.3, -0.25) is 9.69 Å². The summed E-state index contributed by atoms with van der Waals surface area (Å²) in [6.45, 7) is 6.16. The Morgan fingerprint density at radius 2 is 2.08 bits per heavy atom. The van der Waals surface area contributed by atoms with Gasteiger partial charge in [0.2, 0.25) is 0 Å². The molecule has 4 nitrogen and oxygen atoms in total. The van der Waals surface area contributed by atoms with Crippen LogP contribution >= 0.6 is 0 Å². The molecule has 0 saturated carbocycles. The molecular weight excluding hydrogens is 156 g/mol. The summed E-state index contributed by atoms with van der Waals surface area (Å²) in [6.07, 6.45) is 0. The van der Waals surface area contributed by atoms with Crippen molar-refractivity contribution in [2.75, 3.05) is 6.54 Å². The maximum Gasteiger partial charge on any atom is 0.324 e. The SMILES string of the molecule is CC(C)CN1C(=O)NC(C)C1=O. The van der Waals surface area contributed by atoms with E-state index in [-0.39, 0.29) is 18.0 Å². The van der Waals surface area contributed by atoms with Crippen molar-refractivity contribution in [3.63, 3.8) is 0 Å². The van der Waals surface area contributed by atoms with Crippen LogP contribution in [0.3, 0.4) is 0 Å². The van der Waals surface area contributed by atoms with Gasteiger partial charge in [-0.25, -0.2) is 4.79 Å². The fourth-order valence-electron chi connectivity index (χ4n) is 1.20. The molecule has 1 rings (SSSR count). The van der Waals surface area contributed by atoms with Crippen LogP contribution < -0.4 is 5.32 Å². The number of imide groups is 1. The smallest absolute Gasteiger partial charge is 0.324 e. The number of carbonyl (C=O) groups excluding carboxylic acids is 2. The van der Waals surface area contributed by atoms with Crippen LogP contribution in [0.4, 0.5) is 4.79 Å². The standard InChI is InChI=1S/C8H14N2O2/c1-5(2)4-10-7(11)6(3)9-8(10)12/h5-6H,4H2,1-3H3,(H,9,12). The summed E-state index contributed by atoms with van der Waals surface area (Å²) < 4.78 is 0. The summed E-state index contributed by atoms with van der Waals surface area (Å²) in [5, 5.41) is 2.56. The third-order valence-corrected chi connectivity index (χ3v) is 1.77. The molecule has 0 aliphatic carbocycles. The third kappa shape index (κ3) is 1.57. The van der Waals surface area contributed by atoms with Crippen molar-refractivity contribution in [3.8, 4) is 0 Å². The number of amides is 3. The number of urea groups is 1. The lowest BCUT2D eigenvalue weighted by Crippen LogP contribution is -2.34. The van der Waals surface area contributed by atoms with Gasteiger partial charge in [0.05, 0.1) is 0 Å². The van der Waals surface area contributed by atoms with E-state index in [0.717, 1.165) is 0 Å². The van der Waals surface area contributed by atoms with Gasteiger partial charge in [-0.05, 0) is 12.8 Å². The van der Waals surface area contributed by atoms with E-state index in [1.165, 1.54) is 4.90 Å². The van der Waals surface area contributed by atoms with Gasteiger partial charge in [0.25, 0.3) is 5.91 Å². The van der Waals surface area contributed by atoms with Gasteiger partial charge >= 0.3 is 6.03 Å². The molecule has 1 fully saturated rings. The minimum atomic E-state index is -0.351. The van der Waals surface area contributed by atoms with Gasteiger partial charge in [-0.1, -0.05) is 13.8 Å². The Bertz CT molecular complexity index is 213. The molecule has 0 spiro atoms. The predicted octanol–water partition coefficient (Wildman–Crippen LogP) is 0.583. The lowest BCUT2D eigenvalue weighted by molar-refractivity contribution is -0.127. The van der Waals surface area contributed by atoms with Gasteiger partial charge in [0, 0.05) is 6.54 Å². The Morgan fingerprint density at radius 3 is 2.42 bits per heavy atom. The molecule has 0 bridgehead atoms. The molecule has 1 atom stereocenters. The highest BCUT2D eigenvalue weighted by molar-refractivity contribution is 6.03. The van der Waals surface area contributed by atoms with Crippen molar-refractivity contribution in [2.24, 2.45) is 5.92 Å². The molecule has 4 heteroatoms. The van der Waals surface area contributed by atoms with E-state index in [2.05, 4.69) is 5.32 Å². The molecule has 12 heavy (non-hydrogen) atoms. The maximum atomic E-state index is 11.3. The molecule has 0 radical (unpaired) electrons. The fourth-order valence-corrected chi connectivity index (χ4v) is 1.20. The summed E-state index contributed by atoms with van der Waals surface area (Å²) in [7, 11) is 0. The number of nitrogens with zero attached hydrogens (tertiary/aromatic N) is 1. The summed E-state index contributed by atoms with van der Waals surface area (Å²) in [6, 6.07) is -0.613. The maximum absolute atomic E-state index is 11.3. The Labute approximate surface area is 71.9 Å². The quantitative estimate of drug-likeness (QED) is 0.616. The summed E-state index contributed by atoms with van der Waals surface area (Å²) in [4.78, 5) is 23.7. The molecule has 1 unspecified atom stereocenters. The van der Waals surface area contributed by atoms with Crippen LogP contribution in [0.2, 0.25) is 0 Å². The molecule has 1 N–H and O–H groups in total. The number of carbonyl (C=O) groups is 2. The van der Waals surface area contributed by atoms with E-state index in [4.69, 9.17) is 0 Å². The second kappa shape index (κ2) is 3.13. The minimum Gasteiger partial charge on any atom is -0.326 e. The Hall–Kier alpha value is -1.06. The topological polar surface area (TPSA) is 49.4 Å². The van der Waals surface area contributed by atoms with Crippen LogP contribution in [0.5, 0.6) is 0 Å². The van der Waals surface area contributed by atoms with Gasteiger partial charge in [0.1, 0.15) is 6.04 Å². The molecular formula is C8H14N2O2. The average Bonchev–Trinajstić information content (AvgIpc) is 2.16. The van der Waals surface area contributed by atoms with Gasteiger partial charge in [0.15, 0.2) is 0 Å².